The van der Waals surface area contributed by atoms with Crippen LogP contribution in [0.2, 0.25) is 0 Å². The molecule has 20 heavy (non-hydrogen) atoms. The molecule has 0 radical (unpaired) electrons. The van der Waals surface area contributed by atoms with Crippen molar-refractivity contribution in [3.05, 3.63) is 34.6 Å². The van der Waals surface area contributed by atoms with Crippen molar-refractivity contribution in [1.82, 2.24) is 5.32 Å². The quantitative estimate of drug-likeness (QED) is 0.392. The standard InChI is InChI=1S/C12H11ClF5NO/c1-4(3-13)5(2)19-12(20)6-7(14)9(16)11(18)10(17)8(6)15/h4-5H,3H2,1-2H3,(H,19,20). The minimum Gasteiger partial charge on any atom is -0.349 e. The lowest BCUT2D eigenvalue weighted by Crippen LogP contribution is -2.39. The molecule has 0 saturated carbocycles. The monoisotopic (exact) mass is 315 g/mol. The molecule has 0 spiro atoms. The topological polar surface area (TPSA) is 29.1 Å². The molecule has 0 aliphatic rings. The molecule has 0 fully saturated rings. The Morgan fingerprint density at radius 1 is 1.00 bits per heavy atom. The molecule has 1 N–H and O–H groups in total. The van der Waals surface area contributed by atoms with Gasteiger partial charge < -0.3 is 5.32 Å². The van der Waals surface area contributed by atoms with Gasteiger partial charge in [-0.15, -0.1) is 11.6 Å². The SMILES string of the molecule is CC(CCl)C(C)NC(=O)c1c(F)c(F)c(F)c(F)c1F. The smallest absolute Gasteiger partial charge is 0.257 e. The zero-order valence-electron chi connectivity index (χ0n) is 10.5. The predicted molar refractivity (Wildman–Crippen MR) is 63.0 cm³/mol. The molecule has 112 valence electrons. The molecule has 0 aliphatic heterocycles. The van der Waals surface area contributed by atoms with Crippen LogP contribution in [0.5, 0.6) is 0 Å². The maximum Gasteiger partial charge on any atom is 0.257 e. The Kier molecular flexibility index (Phi) is 5.33. The van der Waals surface area contributed by atoms with Crippen molar-refractivity contribution in [2.75, 3.05) is 5.88 Å². The van der Waals surface area contributed by atoms with E-state index in [1.807, 2.05) is 0 Å². The van der Waals surface area contributed by atoms with E-state index in [2.05, 4.69) is 5.32 Å². The molecule has 0 saturated heterocycles. The number of benzene rings is 1. The van der Waals surface area contributed by atoms with Crippen molar-refractivity contribution in [3.8, 4) is 0 Å². The summed E-state index contributed by atoms with van der Waals surface area (Å²) in [6.07, 6.45) is 0. The number of rotatable bonds is 4. The third kappa shape index (κ3) is 3.03. The van der Waals surface area contributed by atoms with Crippen molar-refractivity contribution in [2.45, 2.75) is 19.9 Å². The van der Waals surface area contributed by atoms with Crippen molar-refractivity contribution in [3.63, 3.8) is 0 Å². The zero-order chi connectivity index (χ0) is 15.6. The Bertz CT molecular complexity index is 508. The molecule has 0 heterocycles. The number of carbonyl (C=O) groups is 1. The minimum absolute atomic E-state index is 0.151. The summed E-state index contributed by atoms with van der Waals surface area (Å²) in [5.74, 6) is -12.4. The highest BCUT2D eigenvalue weighted by Crippen LogP contribution is 2.23. The zero-order valence-corrected chi connectivity index (χ0v) is 11.3. The summed E-state index contributed by atoms with van der Waals surface area (Å²) in [5.41, 5.74) is -1.50. The normalized spacial score (nSPS) is 14.0. The number of nitrogens with one attached hydrogen (secondary N) is 1. The van der Waals surface area contributed by atoms with Gasteiger partial charge in [0, 0.05) is 11.9 Å². The summed E-state index contributed by atoms with van der Waals surface area (Å²) >= 11 is 5.54. The van der Waals surface area contributed by atoms with E-state index in [1.165, 1.54) is 6.92 Å². The van der Waals surface area contributed by atoms with Crippen molar-refractivity contribution < 1.29 is 26.7 Å². The third-order valence-electron chi connectivity index (χ3n) is 2.89. The van der Waals surface area contributed by atoms with E-state index in [4.69, 9.17) is 11.6 Å². The highest BCUT2D eigenvalue weighted by Gasteiger charge is 2.30. The number of alkyl halides is 1. The molecule has 2 atom stereocenters. The van der Waals surface area contributed by atoms with Crippen LogP contribution < -0.4 is 5.32 Å². The van der Waals surface area contributed by atoms with Crippen molar-refractivity contribution in [2.24, 2.45) is 5.92 Å². The van der Waals surface area contributed by atoms with E-state index in [1.54, 1.807) is 6.92 Å². The fourth-order valence-corrected chi connectivity index (χ4v) is 1.63. The van der Waals surface area contributed by atoms with Gasteiger partial charge in [-0.25, -0.2) is 22.0 Å². The van der Waals surface area contributed by atoms with Gasteiger partial charge in [-0.05, 0) is 12.8 Å². The lowest BCUT2D eigenvalue weighted by atomic mass is 10.1. The highest BCUT2D eigenvalue weighted by molar-refractivity contribution is 6.18. The van der Waals surface area contributed by atoms with Crippen LogP contribution in [-0.2, 0) is 0 Å². The van der Waals surface area contributed by atoms with Gasteiger partial charge in [-0.2, -0.15) is 0 Å². The van der Waals surface area contributed by atoms with Gasteiger partial charge >= 0.3 is 0 Å². The Balaban J connectivity index is 3.18. The van der Waals surface area contributed by atoms with Gasteiger partial charge in [0.15, 0.2) is 23.3 Å². The molecule has 0 bridgehead atoms. The van der Waals surface area contributed by atoms with E-state index in [9.17, 15) is 26.7 Å². The van der Waals surface area contributed by atoms with Crippen LogP contribution in [0.15, 0.2) is 0 Å². The Morgan fingerprint density at radius 3 is 1.80 bits per heavy atom. The fraction of sp³-hybridized carbons (Fsp3) is 0.417. The summed E-state index contributed by atoms with van der Waals surface area (Å²) in [5, 5.41) is 2.14. The van der Waals surface area contributed by atoms with Gasteiger partial charge in [-0.3, -0.25) is 4.79 Å². The van der Waals surface area contributed by atoms with Gasteiger partial charge in [0.2, 0.25) is 5.82 Å². The van der Waals surface area contributed by atoms with E-state index in [-0.39, 0.29) is 11.8 Å². The second-order valence-electron chi connectivity index (χ2n) is 4.34. The summed E-state index contributed by atoms with van der Waals surface area (Å²) < 4.78 is 65.5. The summed E-state index contributed by atoms with van der Waals surface area (Å²) in [6, 6.07) is -0.602. The number of hydrogen-bond donors (Lipinski definition) is 1. The number of amides is 1. The van der Waals surface area contributed by atoms with Gasteiger partial charge in [0.05, 0.1) is 0 Å². The predicted octanol–water partition coefficient (Wildman–Crippen LogP) is 3.38. The molecule has 1 aromatic rings. The number of halogens is 6. The first kappa shape index (κ1) is 16.7. The number of hydrogen-bond acceptors (Lipinski definition) is 1. The summed E-state index contributed by atoms with van der Waals surface area (Å²) in [6.45, 7) is 3.15. The van der Waals surface area contributed by atoms with Crippen LogP contribution in [0.4, 0.5) is 22.0 Å². The fourth-order valence-electron chi connectivity index (χ4n) is 1.36. The maximum absolute atomic E-state index is 13.4. The summed E-state index contributed by atoms with van der Waals surface area (Å²) in [7, 11) is 0. The second-order valence-corrected chi connectivity index (χ2v) is 4.65. The van der Waals surface area contributed by atoms with Crippen LogP contribution in [0.1, 0.15) is 24.2 Å². The molecular weight excluding hydrogens is 305 g/mol. The lowest BCUT2D eigenvalue weighted by Gasteiger charge is -2.19. The third-order valence-corrected chi connectivity index (χ3v) is 3.38. The average molecular weight is 316 g/mol. The molecule has 0 aromatic heterocycles. The van der Waals surface area contributed by atoms with Gasteiger partial charge in [-0.1, -0.05) is 6.92 Å². The average Bonchev–Trinajstić information content (AvgIpc) is 2.42. The molecule has 1 rings (SSSR count). The van der Waals surface area contributed by atoms with Crippen LogP contribution in [0.25, 0.3) is 0 Å². The Morgan fingerprint density at radius 2 is 1.40 bits per heavy atom. The van der Waals surface area contributed by atoms with Crippen LogP contribution in [0.3, 0.4) is 0 Å². The second kappa shape index (κ2) is 6.39. The summed E-state index contributed by atoms with van der Waals surface area (Å²) in [4.78, 5) is 11.6. The Hall–Kier alpha value is -1.37. The van der Waals surface area contributed by atoms with Crippen molar-refractivity contribution in [1.29, 1.82) is 0 Å². The largest absolute Gasteiger partial charge is 0.349 e. The highest BCUT2D eigenvalue weighted by atomic mass is 35.5. The first-order valence-corrected chi connectivity index (χ1v) is 6.14. The van der Waals surface area contributed by atoms with E-state index >= 15 is 0 Å². The minimum atomic E-state index is -2.31. The molecule has 0 aliphatic carbocycles. The molecular formula is C12H11ClF5NO. The van der Waals surface area contributed by atoms with E-state index in [0.29, 0.717) is 0 Å². The van der Waals surface area contributed by atoms with E-state index < -0.39 is 46.6 Å². The van der Waals surface area contributed by atoms with Crippen LogP contribution in [0, 0.1) is 35.0 Å². The van der Waals surface area contributed by atoms with Crippen LogP contribution in [-0.4, -0.2) is 17.8 Å². The molecule has 2 unspecified atom stereocenters. The van der Waals surface area contributed by atoms with Crippen molar-refractivity contribution >= 4 is 17.5 Å². The molecule has 8 heteroatoms. The van der Waals surface area contributed by atoms with Gasteiger partial charge in [0.1, 0.15) is 5.56 Å². The molecule has 2 nitrogen and oxygen atoms in total. The maximum atomic E-state index is 13.4. The van der Waals surface area contributed by atoms with E-state index in [0.717, 1.165) is 0 Å². The van der Waals surface area contributed by atoms with Crippen LogP contribution >= 0.6 is 11.6 Å². The Labute approximate surface area is 116 Å². The van der Waals surface area contributed by atoms with Gasteiger partial charge in [0.25, 0.3) is 5.91 Å². The molecule has 1 aromatic carbocycles. The number of carbonyl (C=O) groups excluding carboxylic acids is 1. The first-order valence-electron chi connectivity index (χ1n) is 5.60. The lowest BCUT2D eigenvalue weighted by molar-refractivity contribution is 0.0919. The molecule has 1 amide bonds. The first-order chi connectivity index (χ1) is 9.22.